The molecule has 1 aromatic carbocycles. The molecule has 0 bridgehead atoms. The van der Waals surface area contributed by atoms with E-state index >= 15 is 0 Å². The van der Waals surface area contributed by atoms with Crippen molar-refractivity contribution in [2.45, 2.75) is 44.9 Å². The van der Waals surface area contributed by atoms with E-state index in [0.717, 1.165) is 11.0 Å². The number of nitrogens with zero attached hydrogens (tertiary/aromatic N) is 1. The first kappa shape index (κ1) is 13.0. The minimum Gasteiger partial charge on any atom is -0.292 e. The first-order chi connectivity index (χ1) is 8.98. The Balaban J connectivity index is 1.80. The van der Waals surface area contributed by atoms with Gasteiger partial charge in [-0.1, -0.05) is 62.9 Å². The van der Waals surface area contributed by atoms with Crippen LogP contribution in [0.25, 0.3) is 0 Å². The van der Waals surface area contributed by atoms with Crippen LogP contribution in [0.5, 0.6) is 0 Å². The van der Waals surface area contributed by atoms with E-state index in [2.05, 4.69) is 61.6 Å². The van der Waals surface area contributed by atoms with Crippen molar-refractivity contribution < 1.29 is 0 Å². The Labute approximate surface area is 120 Å². The van der Waals surface area contributed by atoms with Crippen LogP contribution in [0.2, 0.25) is 0 Å². The van der Waals surface area contributed by atoms with Crippen LogP contribution in [0.3, 0.4) is 0 Å². The van der Waals surface area contributed by atoms with Crippen LogP contribution < -0.4 is 5.43 Å². The quantitative estimate of drug-likeness (QED) is 0.829. The predicted molar refractivity (Wildman–Crippen MR) is 83.2 cm³/mol. The molecule has 3 heteroatoms. The van der Waals surface area contributed by atoms with E-state index in [0.29, 0.717) is 5.41 Å². The van der Waals surface area contributed by atoms with Crippen LogP contribution in [0.4, 0.5) is 0 Å². The van der Waals surface area contributed by atoms with Crippen LogP contribution in [0.15, 0.2) is 35.4 Å². The molecule has 1 N–H and O–H groups in total. The summed E-state index contributed by atoms with van der Waals surface area (Å²) >= 11 is 1.93. The molecule has 19 heavy (non-hydrogen) atoms. The topological polar surface area (TPSA) is 24.4 Å². The molecule has 1 heterocycles. The van der Waals surface area contributed by atoms with Gasteiger partial charge in [0.2, 0.25) is 0 Å². The number of rotatable bonds is 1. The number of hydrazone groups is 1. The number of benzene rings is 1. The van der Waals surface area contributed by atoms with Crippen molar-refractivity contribution >= 4 is 16.8 Å². The molecule has 1 aliphatic carbocycles. The van der Waals surface area contributed by atoms with Crippen LogP contribution in [0.1, 0.15) is 45.6 Å². The molecular weight excluding hydrogens is 252 g/mol. The van der Waals surface area contributed by atoms with Crippen molar-refractivity contribution in [3.05, 3.63) is 35.9 Å². The Bertz CT molecular complexity index is 495. The molecule has 1 fully saturated rings. The highest BCUT2D eigenvalue weighted by atomic mass is 32.2. The van der Waals surface area contributed by atoms with Gasteiger partial charge >= 0.3 is 0 Å². The predicted octanol–water partition coefficient (Wildman–Crippen LogP) is 4.23. The zero-order valence-electron chi connectivity index (χ0n) is 11.9. The Kier molecular flexibility index (Phi) is 3.12. The molecule has 0 unspecified atom stereocenters. The van der Waals surface area contributed by atoms with Gasteiger partial charge in [-0.05, 0) is 30.6 Å². The Hall–Kier alpha value is -0.960. The standard InChI is InChI=1S/C16H22N2S/c1-12-9-15(2,3)11-16(10-12)18-17-14(19-16)13-7-5-4-6-8-13/h4-8,12,18H,9-11H2,1-3H3/t12-,16+/m1/s1. The number of thioether (sulfide) groups is 1. The molecule has 0 saturated heterocycles. The first-order valence-electron chi connectivity index (χ1n) is 7.07. The van der Waals surface area contributed by atoms with E-state index in [1.807, 2.05) is 11.8 Å². The van der Waals surface area contributed by atoms with Gasteiger partial charge in [0.15, 0.2) is 0 Å². The Morgan fingerprint density at radius 2 is 1.95 bits per heavy atom. The smallest absolute Gasteiger partial charge is 0.126 e. The van der Waals surface area contributed by atoms with Gasteiger partial charge in [0.25, 0.3) is 0 Å². The first-order valence-corrected chi connectivity index (χ1v) is 7.89. The molecule has 0 radical (unpaired) electrons. The summed E-state index contributed by atoms with van der Waals surface area (Å²) in [5.41, 5.74) is 5.09. The summed E-state index contributed by atoms with van der Waals surface area (Å²) in [6.45, 7) is 7.13. The van der Waals surface area contributed by atoms with E-state index < -0.39 is 0 Å². The van der Waals surface area contributed by atoms with E-state index in [1.54, 1.807) is 0 Å². The Morgan fingerprint density at radius 3 is 2.63 bits per heavy atom. The molecular formula is C16H22N2S. The SMILES string of the molecule is C[C@@H]1CC(C)(C)C[C@@]2(C1)NN=C(c1ccccc1)S2. The second-order valence-corrected chi connectivity index (χ2v) is 8.22. The molecule has 3 rings (SSSR count). The van der Waals surface area contributed by atoms with Gasteiger partial charge in [0, 0.05) is 5.56 Å². The minimum absolute atomic E-state index is 0.117. The molecule has 0 amide bonds. The summed E-state index contributed by atoms with van der Waals surface area (Å²) in [6, 6.07) is 10.5. The van der Waals surface area contributed by atoms with Crippen LogP contribution in [-0.4, -0.2) is 9.91 Å². The normalized spacial score (nSPS) is 33.0. The molecule has 2 nitrogen and oxygen atoms in total. The molecule has 1 aliphatic heterocycles. The maximum absolute atomic E-state index is 4.61. The highest BCUT2D eigenvalue weighted by Gasteiger charge is 2.46. The van der Waals surface area contributed by atoms with Crippen LogP contribution >= 0.6 is 11.8 Å². The zero-order valence-corrected chi connectivity index (χ0v) is 12.8. The van der Waals surface area contributed by atoms with Crippen LogP contribution in [0, 0.1) is 11.3 Å². The monoisotopic (exact) mass is 274 g/mol. The lowest BCUT2D eigenvalue weighted by atomic mass is 9.70. The summed E-state index contributed by atoms with van der Waals surface area (Å²) in [6.07, 6.45) is 3.72. The van der Waals surface area contributed by atoms with Gasteiger partial charge < -0.3 is 0 Å². The molecule has 102 valence electrons. The number of nitrogens with one attached hydrogen (secondary N) is 1. The molecule has 1 spiro atoms. The third-order valence-electron chi connectivity index (χ3n) is 4.02. The van der Waals surface area contributed by atoms with E-state index in [4.69, 9.17) is 0 Å². The van der Waals surface area contributed by atoms with Gasteiger partial charge in [0.05, 0.1) is 0 Å². The fraction of sp³-hybridized carbons (Fsp3) is 0.562. The summed E-state index contributed by atoms with van der Waals surface area (Å²) in [7, 11) is 0. The van der Waals surface area contributed by atoms with Gasteiger partial charge in [-0.2, -0.15) is 5.10 Å². The molecule has 1 aromatic rings. The van der Waals surface area contributed by atoms with Crippen LogP contribution in [-0.2, 0) is 0 Å². The van der Waals surface area contributed by atoms with E-state index in [-0.39, 0.29) is 4.87 Å². The van der Waals surface area contributed by atoms with E-state index in [9.17, 15) is 0 Å². The molecule has 0 aromatic heterocycles. The number of hydrogen-bond donors (Lipinski definition) is 1. The van der Waals surface area contributed by atoms with Gasteiger partial charge in [-0.25, -0.2) is 0 Å². The Morgan fingerprint density at radius 1 is 1.21 bits per heavy atom. The van der Waals surface area contributed by atoms with Gasteiger partial charge in [-0.3, -0.25) is 5.43 Å². The third-order valence-corrected chi connectivity index (χ3v) is 5.33. The molecule has 2 atom stereocenters. The highest BCUT2D eigenvalue weighted by Crippen LogP contribution is 2.51. The molecule has 1 saturated carbocycles. The average molecular weight is 274 g/mol. The summed E-state index contributed by atoms with van der Waals surface area (Å²) in [5.74, 6) is 0.758. The maximum atomic E-state index is 4.61. The van der Waals surface area contributed by atoms with Crippen molar-refractivity contribution in [2.24, 2.45) is 16.4 Å². The van der Waals surface area contributed by atoms with Crippen molar-refractivity contribution in [2.75, 3.05) is 0 Å². The second-order valence-electron chi connectivity index (χ2n) is 6.85. The zero-order chi connectivity index (χ0) is 13.5. The van der Waals surface area contributed by atoms with Crippen molar-refractivity contribution in [3.8, 4) is 0 Å². The highest BCUT2D eigenvalue weighted by molar-refractivity contribution is 8.15. The largest absolute Gasteiger partial charge is 0.292 e. The summed E-state index contributed by atoms with van der Waals surface area (Å²) in [4.78, 5) is 0.117. The average Bonchev–Trinajstić information content (AvgIpc) is 2.70. The lowest BCUT2D eigenvalue weighted by Crippen LogP contribution is -2.46. The maximum Gasteiger partial charge on any atom is 0.126 e. The fourth-order valence-corrected chi connectivity index (χ4v) is 5.38. The molecule has 2 aliphatic rings. The minimum atomic E-state index is 0.117. The third kappa shape index (κ3) is 2.66. The summed E-state index contributed by atoms with van der Waals surface area (Å²) < 4.78 is 0. The fourth-order valence-electron chi connectivity index (χ4n) is 3.75. The van der Waals surface area contributed by atoms with Crippen molar-refractivity contribution in [1.82, 2.24) is 5.43 Å². The van der Waals surface area contributed by atoms with Crippen molar-refractivity contribution in [3.63, 3.8) is 0 Å². The summed E-state index contributed by atoms with van der Waals surface area (Å²) in [5, 5.41) is 5.76. The lowest BCUT2D eigenvalue weighted by molar-refractivity contribution is 0.137. The van der Waals surface area contributed by atoms with Gasteiger partial charge in [-0.15, -0.1) is 0 Å². The van der Waals surface area contributed by atoms with Gasteiger partial charge in [0.1, 0.15) is 9.91 Å². The number of hydrogen-bond acceptors (Lipinski definition) is 3. The lowest BCUT2D eigenvalue weighted by Gasteiger charge is -2.44. The van der Waals surface area contributed by atoms with E-state index in [1.165, 1.54) is 24.8 Å². The van der Waals surface area contributed by atoms with Crippen molar-refractivity contribution in [1.29, 1.82) is 0 Å². The second kappa shape index (κ2) is 4.55.